The van der Waals surface area contributed by atoms with Gasteiger partial charge in [0.25, 0.3) is 5.91 Å². The Kier molecular flexibility index (Phi) is 5.63. The van der Waals surface area contributed by atoms with Gasteiger partial charge in [-0.3, -0.25) is 4.79 Å². The van der Waals surface area contributed by atoms with Crippen LogP contribution in [0.25, 0.3) is 5.52 Å². The predicted octanol–water partition coefficient (Wildman–Crippen LogP) is 3.76. The molecule has 1 amide bonds. The van der Waals surface area contributed by atoms with Crippen LogP contribution in [0.5, 0.6) is 0 Å². The number of carbonyl (C=O) groups excluding carboxylic acids is 1. The second-order valence-corrected chi connectivity index (χ2v) is 11.4. The Hall–Kier alpha value is -3.08. The third-order valence-electron chi connectivity index (χ3n) is 5.67. The van der Waals surface area contributed by atoms with Gasteiger partial charge in [0.1, 0.15) is 17.5 Å². The summed E-state index contributed by atoms with van der Waals surface area (Å²) in [6.45, 7) is 4.14. The molecular weight excluding hydrogens is 457 g/mol. The number of halogens is 3. The van der Waals surface area contributed by atoms with Crippen LogP contribution in [0.2, 0.25) is 0 Å². The molecule has 1 aliphatic rings. The van der Waals surface area contributed by atoms with E-state index in [9.17, 15) is 22.0 Å². The Morgan fingerprint density at radius 1 is 1.21 bits per heavy atom. The van der Waals surface area contributed by atoms with E-state index in [2.05, 4.69) is 5.10 Å². The van der Waals surface area contributed by atoms with Gasteiger partial charge in [-0.15, -0.1) is 0 Å². The highest BCUT2D eigenvalue weighted by atomic mass is 32.2. The molecule has 1 saturated heterocycles. The molecule has 2 atom stereocenters. The molecule has 0 spiro atoms. The van der Waals surface area contributed by atoms with E-state index < -0.39 is 44.5 Å². The predicted molar refractivity (Wildman–Crippen MR) is 117 cm³/mol. The van der Waals surface area contributed by atoms with Gasteiger partial charge in [-0.1, -0.05) is 12.1 Å². The molecule has 3 aromatic rings. The average molecular weight is 481 g/mol. The number of nitrogens with zero attached hydrogens (tertiary/aromatic N) is 3. The fraction of sp³-hybridized carbons (Fsp3) is 0.364. The molecule has 176 valence electrons. The molecule has 0 radical (unpaired) electrons. The van der Waals surface area contributed by atoms with Crippen molar-refractivity contribution in [1.29, 1.82) is 0 Å². The first-order valence-corrected chi connectivity index (χ1v) is 11.8. The van der Waals surface area contributed by atoms with Gasteiger partial charge in [-0.2, -0.15) is 5.10 Å². The molecule has 0 saturated carbocycles. The zero-order valence-electron chi connectivity index (χ0n) is 18.2. The maximum absolute atomic E-state index is 15.7. The molecule has 1 N–H and O–H groups in total. The maximum Gasteiger partial charge on any atom is 0.268 e. The monoisotopic (exact) mass is 480 g/mol. The van der Waals surface area contributed by atoms with Gasteiger partial charge < -0.3 is 4.90 Å². The minimum absolute atomic E-state index is 0.00476. The number of alkyl halides is 1. The van der Waals surface area contributed by atoms with Crippen LogP contribution in [0.15, 0.2) is 42.7 Å². The Bertz CT molecular complexity index is 1330. The lowest BCUT2D eigenvalue weighted by Crippen LogP contribution is -2.42. The molecule has 7 nitrogen and oxygen atoms in total. The van der Waals surface area contributed by atoms with Crippen LogP contribution in [-0.2, 0) is 10.0 Å². The molecule has 3 heterocycles. The van der Waals surface area contributed by atoms with Gasteiger partial charge in [-0.05, 0) is 44.5 Å². The largest absolute Gasteiger partial charge is 0.359 e. The summed E-state index contributed by atoms with van der Waals surface area (Å²) in [7, 11) is -4.04. The van der Waals surface area contributed by atoms with Crippen molar-refractivity contribution >= 4 is 27.1 Å². The molecule has 1 aliphatic heterocycles. The number of fused-ring (bicyclic) bond motifs is 1. The number of nitrogens with one attached hydrogen (secondary N) is 1. The molecule has 0 unspecified atom stereocenters. The summed E-state index contributed by atoms with van der Waals surface area (Å²) in [5.74, 6) is -2.37. The number of amides is 1. The fourth-order valence-corrected chi connectivity index (χ4v) is 4.49. The van der Waals surface area contributed by atoms with Crippen molar-refractivity contribution in [2.24, 2.45) is 0 Å². The number of pyridine rings is 1. The van der Waals surface area contributed by atoms with Crippen LogP contribution in [0.3, 0.4) is 0 Å². The van der Waals surface area contributed by atoms with E-state index in [1.807, 2.05) is 4.72 Å². The number of hydrogen-bond donors (Lipinski definition) is 1. The Morgan fingerprint density at radius 2 is 1.94 bits per heavy atom. The zero-order chi connectivity index (χ0) is 24.1. The summed E-state index contributed by atoms with van der Waals surface area (Å²) in [6, 6.07) is 6.47. The second-order valence-electron chi connectivity index (χ2n) is 8.97. The third kappa shape index (κ3) is 4.17. The van der Waals surface area contributed by atoms with E-state index >= 15 is 4.39 Å². The van der Waals surface area contributed by atoms with Crippen LogP contribution in [0.1, 0.15) is 49.2 Å². The van der Waals surface area contributed by atoms with Gasteiger partial charge in [0.15, 0.2) is 5.82 Å². The first kappa shape index (κ1) is 23.1. The second kappa shape index (κ2) is 8.05. The highest BCUT2D eigenvalue weighted by molar-refractivity contribution is 7.91. The van der Waals surface area contributed by atoms with Gasteiger partial charge in [0, 0.05) is 19.2 Å². The van der Waals surface area contributed by atoms with Crippen LogP contribution in [-0.4, -0.2) is 41.4 Å². The summed E-state index contributed by atoms with van der Waals surface area (Å²) in [5, 5.41) is 3.94. The highest BCUT2D eigenvalue weighted by Gasteiger charge is 2.36. The van der Waals surface area contributed by atoms with E-state index in [4.69, 9.17) is 0 Å². The van der Waals surface area contributed by atoms with Crippen molar-refractivity contribution in [3.05, 3.63) is 65.5 Å². The molecule has 1 fully saturated rings. The van der Waals surface area contributed by atoms with Crippen molar-refractivity contribution in [2.45, 2.75) is 44.2 Å². The smallest absolute Gasteiger partial charge is 0.268 e. The summed E-state index contributed by atoms with van der Waals surface area (Å²) in [6.07, 6.45) is 1.25. The van der Waals surface area contributed by atoms with Gasteiger partial charge in [0.05, 0.1) is 28.2 Å². The van der Waals surface area contributed by atoms with E-state index in [1.165, 1.54) is 56.1 Å². The quantitative estimate of drug-likeness (QED) is 0.615. The number of carbonyl (C=O) groups is 1. The molecule has 33 heavy (non-hydrogen) atoms. The van der Waals surface area contributed by atoms with Crippen LogP contribution >= 0.6 is 0 Å². The first-order valence-electron chi connectivity index (χ1n) is 10.3. The summed E-state index contributed by atoms with van der Waals surface area (Å²) in [4.78, 5) is 14.2. The maximum atomic E-state index is 15.7. The molecular formula is C22H23F3N4O3S. The van der Waals surface area contributed by atoms with Crippen LogP contribution in [0.4, 0.5) is 18.9 Å². The molecule has 0 bridgehead atoms. The number of benzene rings is 1. The zero-order valence-corrected chi connectivity index (χ0v) is 19.0. The van der Waals surface area contributed by atoms with Crippen molar-refractivity contribution in [3.63, 3.8) is 0 Å². The lowest BCUT2D eigenvalue weighted by atomic mass is 10.0. The van der Waals surface area contributed by atoms with Crippen molar-refractivity contribution < 1.29 is 26.4 Å². The summed E-state index contributed by atoms with van der Waals surface area (Å²) in [5.41, 5.74) is -0.0165. The third-order valence-corrected chi connectivity index (χ3v) is 7.74. The van der Waals surface area contributed by atoms with Crippen LogP contribution in [0, 0.1) is 11.6 Å². The van der Waals surface area contributed by atoms with Crippen molar-refractivity contribution in [2.75, 3.05) is 11.4 Å². The number of sulfonamides is 1. The molecule has 4 rings (SSSR count). The van der Waals surface area contributed by atoms with E-state index in [0.717, 1.165) is 10.7 Å². The molecule has 2 aromatic heterocycles. The van der Waals surface area contributed by atoms with Gasteiger partial charge in [0.2, 0.25) is 10.0 Å². The Labute approximate surface area is 189 Å². The Morgan fingerprint density at radius 3 is 2.61 bits per heavy atom. The fourth-order valence-electron chi connectivity index (χ4n) is 3.83. The normalized spacial score (nSPS) is 19.3. The standard InChI is InChI=1S/C22H23F3N4O3S/c1-22(2,3)33(31,32)27-21(30)16-11-26-29-8-7-17(19(25)20(16)29)28-12-15(24)10-18(28)13-5-4-6-14(23)9-13/h4-9,11,15,18H,10,12H2,1-3H3,(H,27,30)/t15-,18+/m0/s1. The lowest BCUT2D eigenvalue weighted by molar-refractivity contribution is 0.0982. The summed E-state index contributed by atoms with van der Waals surface area (Å²) >= 11 is 0. The van der Waals surface area contributed by atoms with Crippen molar-refractivity contribution in [1.82, 2.24) is 14.3 Å². The lowest BCUT2D eigenvalue weighted by Gasteiger charge is -2.27. The molecule has 11 heteroatoms. The SMILES string of the molecule is CC(C)(C)S(=O)(=O)NC(=O)c1cnn2ccc(N3C[C@@H](F)C[C@@H]3c3cccc(F)c3)c(F)c12. The number of anilines is 1. The first-order chi connectivity index (χ1) is 15.4. The van der Waals surface area contributed by atoms with Gasteiger partial charge in [-0.25, -0.2) is 30.8 Å². The van der Waals surface area contributed by atoms with E-state index in [0.29, 0.717) is 5.56 Å². The number of aromatic nitrogens is 2. The minimum atomic E-state index is -4.04. The minimum Gasteiger partial charge on any atom is -0.359 e. The van der Waals surface area contributed by atoms with Crippen molar-refractivity contribution in [3.8, 4) is 0 Å². The van der Waals surface area contributed by atoms with Crippen LogP contribution < -0.4 is 9.62 Å². The number of rotatable bonds is 4. The summed E-state index contributed by atoms with van der Waals surface area (Å²) < 4.78 is 70.4. The van der Waals surface area contributed by atoms with Gasteiger partial charge >= 0.3 is 0 Å². The van der Waals surface area contributed by atoms with E-state index in [1.54, 1.807) is 6.07 Å². The highest BCUT2D eigenvalue weighted by Crippen LogP contribution is 2.39. The average Bonchev–Trinajstić information content (AvgIpc) is 3.31. The molecule has 1 aromatic carbocycles. The topological polar surface area (TPSA) is 83.8 Å². The molecule has 0 aliphatic carbocycles. The van der Waals surface area contributed by atoms with E-state index in [-0.39, 0.29) is 29.7 Å². The number of hydrogen-bond acceptors (Lipinski definition) is 5. The Balaban J connectivity index is 1.76.